The molecule has 2 N–H and O–H groups in total. The van der Waals surface area contributed by atoms with E-state index in [0.717, 1.165) is 37.0 Å². The van der Waals surface area contributed by atoms with Crippen molar-refractivity contribution in [2.24, 2.45) is 23.2 Å². The Balaban J connectivity index is 1.27. The Morgan fingerprint density at radius 1 is 1.14 bits per heavy atom. The van der Waals surface area contributed by atoms with Crippen LogP contribution in [0.25, 0.3) is 0 Å². The molecule has 1 heterocycles. The second kappa shape index (κ2) is 7.54. The van der Waals surface area contributed by atoms with Crippen molar-refractivity contribution in [2.75, 3.05) is 19.6 Å². The number of nitrogens with zero attached hydrogens (tertiary/aromatic N) is 2. The molecule has 5 aliphatic rings. The SMILES string of the molecule is CC(C)(CNC(=O)C12CC3CC(CC(C3)C1)C2)NCC(=O)N1C[C@@H](F)C[C@H]1C#N. The third kappa shape index (κ3) is 4.14. The maximum absolute atomic E-state index is 13.6. The number of alkyl halides is 1. The summed E-state index contributed by atoms with van der Waals surface area (Å²) in [6.07, 6.45) is 5.98. The molecule has 4 aliphatic carbocycles. The van der Waals surface area contributed by atoms with Gasteiger partial charge in [0.1, 0.15) is 12.2 Å². The Hall–Kier alpha value is -1.68. The molecular formula is C22H33FN4O2. The second-order valence-corrected chi connectivity index (χ2v) is 10.6. The first-order valence-electron chi connectivity index (χ1n) is 11.1. The monoisotopic (exact) mass is 404 g/mol. The zero-order valence-electron chi connectivity index (χ0n) is 17.5. The molecule has 6 nitrogen and oxygen atoms in total. The van der Waals surface area contributed by atoms with Crippen molar-refractivity contribution in [3.63, 3.8) is 0 Å². The third-order valence-electron chi connectivity index (χ3n) is 7.65. The standard InChI is InChI=1S/C22H33FN4O2/c1-21(2,26-11-19(28)27-12-17(23)6-18(27)10-24)13-25-20(29)22-7-14-3-15(8-22)5-16(4-14)9-22/h14-18,26H,3-9,11-13H2,1-2H3,(H,25,29)/t14?,15?,16?,17-,18-,22?/m0/s1. The molecule has 0 aromatic rings. The molecular weight excluding hydrogens is 371 g/mol. The number of likely N-dealkylation sites (tertiary alicyclic amines) is 1. The molecule has 4 bridgehead atoms. The van der Waals surface area contributed by atoms with Gasteiger partial charge in [-0.15, -0.1) is 0 Å². The Morgan fingerprint density at radius 3 is 2.28 bits per heavy atom. The molecule has 0 radical (unpaired) electrons. The zero-order valence-corrected chi connectivity index (χ0v) is 17.5. The summed E-state index contributed by atoms with van der Waals surface area (Å²) in [6, 6.07) is 1.32. The molecule has 2 atom stereocenters. The highest BCUT2D eigenvalue weighted by Crippen LogP contribution is 2.60. The Kier molecular flexibility index (Phi) is 5.35. The van der Waals surface area contributed by atoms with Crippen molar-refractivity contribution >= 4 is 11.8 Å². The molecule has 7 heteroatoms. The van der Waals surface area contributed by atoms with Crippen molar-refractivity contribution in [3.05, 3.63) is 0 Å². The smallest absolute Gasteiger partial charge is 0.237 e. The molecule has 1 saturated heterocycles. The third-order valence-corrected chi connectivity index (χ3v) is 7.65. The van der Waals surface area contributed by atoms with Crippen molar-refractivity contribution in [1.29, 1.82) is 5.26 Å². The molecule has 5 fully saturated rings. The molecule has 0 aromatic heterocycles. The van der Waals surface area contributed by atoms with Gasteiger partial charge in [0, 0.05) is 23.9 Å². The first-order chi connectivity index (χ1) is 13.7. The number of halogens is 1. The van der Waals surface area contributed by atoms with E-state index in [4.69, 9.17) is 5.26 Å². The van der Waals surface area contributed by atoms with E-state index >= 15 is 0 Å². The minimum atomic E-state index is -1.13. The first-order valence-corrected chi connectivity index (χ1v) is 11.1. The van der Waals surface area contributed by atoms with Crippen molar-refractivity contribution in [2.45, 2.75) is 76.5 Å². The predicted octanol–water partition coefficient (Wildman–Crippen LogP) is 2.15. The number of carbonyl (C=O) groups excluding carboxylic acids is 2. The number of rotatable bonds is 6. The number of hydrogen-bond donors (Lipinski definition) is 2. The van der Waals surface area contributed by atoms with E-state index in [-0.39, 0.29) is 36.7 Å². The lowest BCUT2D eigenvalue weighted by molar-refractivity contribution is -0.146. The van der Waals surface area contributed by atoms with Crippen LogP contribution in [-0.2, 0) is 9.59 Å². The van der Waals surface area contributed by atoms with E-state index in [1.807, 2.05) is 19.9 Å². The first kappa shape index (κ1) is 20.6. The summed E-state index contributed by atoms with van der Waals surface area (Å²) in [5, 5.41) is 15.5. The van der Waals surface area contributed by atoms with Crippen molar-refractivity contribution in [3.8, 4) is 6.07 Å². The molecule has 5 rings (SSSR count). The molecule has 0 aromatic carbocycles. The van der Waals surface area contributed by atoms with Crippen LogP contribution in [0.1, 0.15) is 58.8 Å². The van der Waals surface area contributed by atoms with Gasteiger partial charge in [0.2, 0.25) is 11.8 Å². The summed E-state index contributed by atoms with van der Waals surface area (Å²) in [6.45, 7) is 4.36. The van der Waals surface area contributed by atoms with Crippen LogP contribution in [0.4, 0.5) is 4.39 Å². The van der Waals surface area contributed by atoms with E-state index in [9.17, 15) is 14.0 Å². The van der Waals surface area contributed by atoms with Crippen LogP contribution in [0.5, 0.6) is 0 Å². The summed E-state index contributed by atoms with van der Waals surface area (Å²) in [5.74, 6) is 2.09. The van der Waals surface area contributed by atoms with Crippen LogP contribution in [0.15, 0.2) is 0 Å². The minimum absolute atomic E-state index is 0.0120. The summed E-state index contributed by atoms with van der Waals surface area (Å²) < 4.78 is 13.6. The van der Waals surface area contributed by atoms with Crippen LogP contribution < -0.4 is 10.6 Å². The minimum Gasteiger partial charge on any atom is -0.354 e. The van der Waals surface area contributed by atoms with Crippen LogP contribution in [0.2, 0.25) is 0 Å². The lowest BCUT2D eigenvalue weighted by atomic mass is 9.49. The van der Waals surface area contributed by atoms with Gasteiger partial charge in [-0.1, -0.05) is 0 Å². The van der Waals surface area contributed by atoms with Gasteiger partial charge in [-0.3, -0.25) is 9.59 Å². The molecule has 0 unspecified atom stereocenters. The topological polar surface area (TPSA) is 85.2 Å². The lowest BCUT2D eigenvalue weighted by Gasteiger charge is -2.55. The highest BCUT2D eigenvalue weighted by Gasteiger charge is 2.54. The van der Waals surface area contributed by atoms with E-state index in [2.05, 4.69) is 10.6 Å². The van der Waals surface area contributed by atoms with Crippen LogP contribution >= 0.6 is 0 Å². The quantitative estimate of drug-likeness (QED) is 0.710. The van der Waals surface area contributed by atoms with Gasteiger partial charge in [0.25, 0.3) is 0 Å². The van der Waals surface area contributed by atoms with Gasteiger partial charge in [-0.05, 0) is 70.1 Å². The summed E-state index contributed by atoms with van der Waals surface area (Å²) in [7, 11) is 0. The number of nitrogens with one attached hydrogen (secondary N) is 2. The number of amides is 2. The Labute approximate surface area is 172 Å². The maximum atomic E-state index is 13.6. The van der Waals surface area contributed by atoms with Gasteiger partial charge in [-0.2, -0.15) is 5.26 Å². The fourth-order valence-corrected chi connectivity index (χ4v) is 6.54. The van der Waals surface area contributed by atoms with E-state index in [0.29, 0.717) is 6.54 Å². The zero-order chi connectivity index (χ0) is 20.8. The van der Waals surface area contributed by atoms with Crippen LogP contribution in [0.3, 0.4) is 0 Å². The number of hydrogen-bond acceptors (Lipinski definition) is 4. The Morgan fingerprint density at radius 2 is 1.72 bits per heavy atom. The average molecular weight is 405 g/mol. The molecule has 0 spiro atoms. The largest absolute Gasteiger partial charge is 0.354 e. The molecule has 2 amide bonds. The highest BCUT2D eigenvalue weighted by molar-refractivity contribution is 5.83. The number of nitriles is 1. The summed E-state index contributed by atoms with van der Waals surface area (Å²) in [5.41, 5.74) is -0.642. The van der Waals surface area contributed by atoms with Crippen LogP contribution in [0, 0.1) is 34.5 Å². The van der Waals surface area contributed by atoms with Gasteiger partial charge in [0.15, 0.2) is 0 Å². The van der Waals surface area contributed by atoms with Crippen molar-refractivity contribution < 1.29 is 14.0 Å². The van der Waals surface area contributed by atoms with Gasteiger partial charge < -0.3 is 15.5 Å². The molecule has 29 heavy (non-hydrogen) atoms. The van der Waals surface area contributed by atoms with Crippen LogP contribution in [-0.4, -0.2) is 54.1 Å². The van der Waals surface area contributed by atoms with E-state index in [1.54, 1.807) is 0 Å². The highest BCUT2D eigenvalue weighted by atomic mass is 19.1. The Bertz CT molecular complexity index is 681. The lowest BCUT2D eigenvalue weighted by Crippen LogP contribution is -2.57. The molecule has 1 aliphatic heterocycles. The van der Waals surface area contributed by atoms with E-state index < -0.39 is 17.8 Å². The fraction of sp³-hybridized carbons (Fsp3) is 0.864. The van der Waals surface area contributed by atoms with E-state index in [1.165, 1.54) is 24.2 Å². The summed E-state index contributed by atoms with van der Waals surface area (Å²) >= 11 is 0. The number of carbonyl (C=O) groups is 2. The predicted molar refractivity (Wildman–Crippen MR) is 106 cm³/mol. The average Bonchev–Trinajstić information content (AvgIpc) is 3.04. The molecule has 160 valence electrons. The van der Waals surface area contributed by atoms with Gasteiger partial charge in [-0.25, -0.2) is 4.39 Å². The van der Waals surface area contributed by atoms with Crippen molar-refractivity contribution in [1.82, 2.24) is 15.5 Å². The molecule has 4 saturated carbocycles. The maximum Gasteiger partial charge on any atom is 0.237 e. The normalized spacial score (nSPS) is 38.1. The summed E-state index contributed by atoms with van der Waals surface area (Å²) in [4.78, 5) is 26.9. The van der Waals surface area contributed by atoms with Gasteiger partial charge in [0.05, 0.1) is 19.2 Å². The second-order valence-electron chi connectivity index (χ2n) is 10.6. The van der Waals surface area contributed by atoms with Gasteiger partial charge >= 0.3 is 0 Å². The fourth-order valence-electron chi connectivity index (χ4n) is 6.54.